The van der Waals surface area contributed by atoms with Gasteiger partial charge >= 0.3 is 0 Å². The predicted octanol–water partition coefficient (Wildman–Crippen LogP) is 0.560. The molecular weight excluding hydrogens is 216 g/mol. The zero-order chi connectivity index (χ0) is 10.2. The molecule has 1 amide bonds. The number of hydrogen-bond acceptors (Lipinski definition) is 3. The summed E-state index contributed by atoms with van der Waals surface area (Å²) in [5.41, 5.74) is 0. The lowest BCUT2D eigenvalue weighted by molar-refractivity contribution is -0.125. The standard InChI is InChI=1S/C10H20N2O2.ClH/c1-14-7-3-6-12-10(13)9-4-2-5-11-8-9;/h9,11H,2-8H2,1H3,(H,12,13);1H. The quantitative estimate of drug-likeness (QED) is 0.686. The molecule has 0 bridgehead atoms. The van der Waals surface area contributed by atoms with Crippen LogP contribution in [0.15, 0.2) is 0 Å². The molecule has 1 atom stereocenters. The molecule has 0 spiro atoms. The number of hydrogen-bond donors (Lipinski definition) is 2. The summed E-state index contributed by atoms with van der Waals surface area (Å²) in [4.78, 5) is 11.6. The van der Waals surface area contributed by atoms with E-state index in [9.17, 15) is 4.79 Å². The van der Waals surface area contributed by atoms with Gasteiger partial charge in [-0.15, -0.1) is 12.4 Å². The summed E-state index contributed by atoms with van der Waals surface area (Å²) in [5.74, 6) is 0.361. The minimum atomic E-state index is 0. The van der Waals surface area contributed by atoms with Crippen molar-refractivity contribution in [2.45, 2.75) is 19.3 Å². The first kappa shape index (κ1) is 14.7. The molecule has 0 aromatic carbocycles. The number of methoxy groups -OCH3 is 1. The second-order valence-corrected chi connectivity index (χ2v) is 3.68. The van der Waals surface area contributed by atoms with Crippen molar-refractivity contribution in [3.63, 3.8) is 0 Å². The maximum Gasteiger partial charge on any atom is 0.224 e. The van der Waals surface area contributed by atoms with E-state index in [0.717, 1.165) is 38.9 Å². The summed E-state index contributed by atoms with van der Waals surface area (Å²) in [6.07, 6.45) is 3.02. The van der Waals surface area contributed by atoms with Crippen molar-refractivity contribution in [2.24, 2.45) is 5.92 Å². The monoisotopic (exact) mass is 236 g/mol. The van der Waals surface area contributed by atoms with E-state index in [1.807, 2.05) is 0 Å². The zero-order valence-electron chi connectivity index (χ0n) is 9.25. The Balaban J connectivity index is 0.00000196. The summed E-state index contributed by atoms with van der Waals surface area (Å²) in [7, 11) is 1.67. The van der Waals surface area contributed by atoms with Crippen LogP contribution in [0.3, 0.4) is 0 Å². The highest BCUT2D eigenvalue weighted by atomic mass is 35.5. The van der Waals surface area contributed by atoms with Crippen LogP contribution >= 0.6 is 12.4 Å². The molecule has 0 aliphatic carbocycles. The van der Waals surface area contributed by atoms with Crippen molar-refractivity contribution in [3.8, 4) is 0 Å². The Labute approximate surface area is 97.5 Å². The van der Waals surface area contributed by atoms with Crippen molar-refractivity contribution < 1.29 is 9.53 Å². The van der Waals surface area contributed by atoms with Crippen LogP contribution < -0.4 is 10.6 Å². The van der Waals surface area contributed by atoms with E-state index >= 15 is 0 Å². The normalized spacial score (nSPS) is 20.5. The first-order chi connectivity index (χ1) is 6.84. The number of nitrogens with one attached hydrogen (secondary N) is 2. The van der Waals surface area contributed by atoms with E-state index in [2.05, 4.69) is 10.6 Å². The lowest BCUT2D eigenvalue weighted by Gasteiger charge is -2.21. The van der Waals surface area contributed by atoms with Crippen LogP contribution in [0.4, 0.5) is 0 Å². The van der Waals surface area contributed by atoms with Crippen molar-refractivity contribution in [1.29, 1.82) is 0 Å². The van der Waals surface area contributed by atoms with E-state index in [4.69, 9.17) is 4.74 Å². The Hall–Kier alpha value is -0.320. The Kier molecular flexibility index (Phi) is 8.76. The molecule has 1 rings (SSSR count). The molecule has 90 valence electrons. The third-order valence-corrected chi connectivity index (χ3v) is 2.49. The number of piperidine rings is 1. The van der Waals surface area contributed by atoms with Gasteiger partial charge in [0.2, 0.25) is 5.91 Å². The van der Waals surface area contributed by atoms with Gasteiger partial charge in [0, 0.05) is 26.8 Å². The van der Waals surface area contributed by atoms with Crippen molar-refractivity contribution in [1.82, 2.24) is 10.6 Å². The molecule has 2 N–H and O–H groups in total. The number of ether oxygens (including phenoxy) is 1. The summed E-state index contributed by atoms with van der Waals surface area (Å²) in [6.45, 7) is 3.32. The van der Waals surface area contributed by atoms with Gasteiger partial charge in [0.25, 0.3) is 0 Å². The summed E-state index contributed by atoms with van der Waals surface area (Å²) in [6, 6.07) is 0. The molecule has 0 aromatic rings. The number of amides is 1. The van der Waals surface area contributed by atoms with Crippen LogP contribution in [0.25, 0.3) is 0 Å². The van der Waals surface area contributed by atoms with Gasteiger partial charge in [-0.2, -0.15) is 0 Å². The average Bonchev–Trinajstić information content (AvgIpc) is 2.25. The maximum absolute atomic E-state index is 11.6. The minimum Gasteiger partial charge on any atom is -0.385 e. The number of carbonyl (C=O) groups excluding carboxylic acids is 1. The van der Waals surface area contributed by atoms with Crippen LogP contribution in [0, 0.1) is 5.92 Å². The maximum atomic E-state index is 11.6. The predicted molar refractivity (Wildman–Crippen MR) is 62.3 cm³/mol. The fraction of sp³-hybridized carbons (Fsp3) is 0.900. The fourth-order valence-corrected chi connectivity index (χ4v) is 1.65. The number of halogens is 1. The molecule has 0 aromatic heterocycles. The Morgan fingerprint density at radius 3 is 3.00 bits per heavy atom. The number of carbonyl (C=O) groups is 1. The van der Waals surface area contributed by atoms with Crippen molar-refractivity contribution in [3.05, 3.63) is 0 Å². The molecule has 1 saturated heterocycles. The van der Waals surface area contributed by atoms with Crippen LogP contribution in [0.2, 0.25) is 0 Å². The molecule has 1 heterocycles. The van der Waals surface area contributed by atoms with E-state index < -0.39 is 0 Å². The van der Waals surface area contributed by atoms with Gasteiger partial charge in [0.05, 0.1) is 5.92 Å². The second-order valence-electron chi connectivity index (χ2n) is 3.68. The van der Waals surface area contributed by atoms with Gasteiger partial charge in [0.1, 0.15) is 0 Å². The number of rotatable bonds is 5. The molecule has 1 fully saturated rings. The van der Waals surface area contributed by atoms with Gasteiger partial charge in [-0.25, -0.2) is 0 Å². The molecular formula is C10H21ClN2O2. The second kappa shape index (κ2) is 8.95. The van der Waals surface area contributed by atoms with Crippen molar-refractivity contribution >= 4 is 18.3 Å². The largest absolute Gasteiger partial charge is 0.385 e. The van der Waals surface area contributed by atoms with Gasteiger partial charge in [-0.1, -0.05) is 0 Å². The first-order valence-corrected chi connectivity index (χ1v) is 5.32. The lowest BCUT2D eigenvalue weighted by atomic mass is 9.99. The summed E-state index contributed by atoms with van der Waals surface area (Å²) >= 11 is 0. The third-order valence-electron chi connectivity index (χ3n) is 2.49. The fourth-order valence-electron chi connectivity index (χ4n) is 1.65. The average molecular weight is 237 g/mol. The Morgan fingerprint density at radius 1 is 1.60 bits per heavy atom. The van der Waals surface area contributed by atoms with Crippen LogP contribution in [0.1, 0.15) is 19.3 Å². The van der Waals surface area contributed by atoms with Gasteiger partial charge < -0.3 is 15.4 Å². The minimum absolute atomic E-state index is 0. The smallest absolute Gasteiger partial charge is 0.224 e. The van der Waals surface area contributed by atoms with E-state index in [-0.39, 0.29) is 24.2 Å². The summed E-state index contributed by atoms with van der Waals surface area (Å²) < 4.78 is 4.91. The van der Waals surface area contributed by atoms with Gasteiger partial charge in [-0.05, 0) is 25.8 Å². The highest BCUT2D eigenvalue weighted by molar-refractivity contribution is 5.85. The highest BCUT2D eigenvalue weighted by Gasteiger charge is 2.19. The van der Waals surface area contributed by atoms with Crippen molar-refractivity contribution in [2.75, 3.05) is 33.4 Å². The Bertz CT molecular complexity index is 173. The van der Waals surface area contributed by atoms with Crippen LogP contribution in [0.5, 0.6) is 0 Å². The molecule has 4 nitrogen and oxygen atoms in total. The first-order valence-electron chi connectivity index (χ1n) is 5.32. The molecule has 1 unspecified atom stereocenters. The molecule has 5 heteroatoms. The van der Waals surface area contributed by atoms with E-state index in [1.165, 1.54) is 0 Å². The molecule has 1 aliphatic rings. The molecule has 0 saturated carbocycles. The highest BCUT2D eigenvalue weighted by Crippen LogP contribution is 2.09. The van der Waals surface area contributed by atoms with Crippen LogP contribution in [-0.4, -0.2) is 39.3 Å². The lowest BCUT2D eigenvalue weighted by Crippen LogP contribution is -2.40. The Morgan fingerprint density at radius 2 is 2.40 bits per heavy atom. The zero-order valence-corrected chi connectivity index (χ0v) is 10.1. The van der Waals surface area contributed by atoms with Gasteiger partial charge in [-0.3, -0.25) is 4.79 Å². The molecule has 0 radical (unpaired) electrons. The topological polar surface area (TPSA) is 50.4 Å². The van der Waals surface area contributed by atoms with Gasteiger partial charge in [0.15, 0.2) is 0 Å². The van der Waals surface area contributed by atoms with Crippen LogP contribution in [-0.2, 0) is 9.53 Å². The summed E-state index contributed by atoms with van der Waals surface area (Å²) in [5, 5.41) is 6.16. The van der Waals surface area contributed by atoms with E-state index in [0.29, 0.717) is 6.61 Å². The molecule has 15 heavy (non-hydrogen) atoms. The third kappa shape index (κ3) is 5.97. The SMILES string of the molecule is COCCCNC(=O)C1CCCNC1.Cl. The van der Waals surface area contributed by atoms with E-state index in [1.54, 1.807) is 7.11 Å². The molecule has 1 aliphatic heterocycles.